The maximum atomic E-state index is 12.3. The van der Waals surface area contributed by atoms with E-state index in [4.69, 9.17) is 0 Å². The topological polar surface area (TPSA) is 49.4 Å². The number of rotatable bonds is 6. The van der Waals surface area contributed by atoms with Gasteiger partial charge >= 0.3 is 0 Å². The van der Waals surface area contributed by atoms with Crippen LogP contribution in [0.1, 0.15) is 24.5 Å². The van der Waals surface area contributed by atoms with Gasteiger partial charge in [0, 0.05) is 6.04 Å². The van der Waals surface area contributed by atoms with Gasteiger partial charge in [-0.05, 0) is 59.5 Å². The molecule has 0 spiro atoms. The number of benzene rings is 1. The Morgan fingerprint density at radius 1 is 1.26 bits per heavy atom. The summed E-state index contributed by atoms with van der Waals surface area (Å²) in [4.78, 5) is 2.41. The van der Waals surface area contributed by atoms with Gasteiger partial charge in [0.25, 0.3) is 0 Å². The molecule has 0 aliphatic rings. The first-order valence-electron chi connectivity index (χ1n) is 6.46. The summed E-state index contributed by atoms with van der Waals surface area (Å²) in [6.07, 6.45) is 0.789. The van der Waals surface area contributed by atoms with Gasteiger partial charge in [0.15, 0.2) is 0 Å². The Bertz CT molecular complexity index is 524. The van der Waals surface area contributed by atoms with Crippen molar-refractivity contribution < 1.29 is 8.42 Å². The predicted molar refractivity (Wildman–Crippen MR) is 78.9 cm³/mol. The molecule has 1 aromatic rings. The minimum Gasteiger partial charge on any atom is -0.309 e. The molecule has 4 nitrogen and oxygen atoms in total. The molecule has 1 aromatic carbocycles. The van der Waals surface area contributed by atoms with Crippen LogP contribution in [0.25, 0.3) is 0 Å². The van der Waals surface area contributed by atoms with Gasteiger partial charge in [-0.2, -0.15) is 0 Å². The van der Waals surface area contributed by atoms with Crippen LogP contribution in [0.4, 0.5) is 0 Å². The lowest BCUT2D eigenvalue weighted by atomic mass is 10.2. The highest BCUT2D eigenvalue weighted by molar-refractivity contribution is 7.89. The average Bonchev–Trinajstić information content (AvgIpc) is 2.25. The van der Waals surface area contributed by atoms with Gasteiger partial charge < -0.3 is 4.90 Å². The van der Waals surface area contributed by atoms with Crippen LogP contribution in [0.3, 0.4) is 0 Å². The summed E-state index contributed by atoms with van der Waals surface area (Å²) in [7, 11) is 0.532. The second-order valence-corrected chi connectivity index (χ2v) is 7.07. The fourth-order valence-electron chi connectivity index (χ4n) is 1.94. The summed E-state index contributed by atoms with van der Waals surface area (Å²) in [6.45, 7) is 6.53. The largest absolute Gasteiger partial charge is 0.309 e. The third kappa shape index (κ3) is 4.93. The van der Waals surface area contributed by atoms with Gasteiger partial charge in [-0.3, -0.25) is 0 Å². The van der Waals surface area contributed by atoms with Crippen LogP contribution in [-0.2, 0) is 10.0 Å². The third-order valence-corrected chi connectivity index (χ3v) is 4.74. The van der Waals surface area contributed by atoms with E-state index < -0.39 is 10.0 Å². The molecule has 0 aliphatic carbocycles. The molecular formula is C14H24N2O2S. The zero-order valence-electron chi connectivity index (χ0n) is 12.4. The van der Waals surface area contributed by atoms with Crippen LogP contribution < -0.4 is 4.72 Å². The molecule has 0 saturated heterocycles. The first-order valence-corrected chi connectivity index (χ1v) is 7.95. The van der Waals surface area contributed by atoms with Crippen LogP contribution in [0, 0.1) is 13.8 Å². The molecule has 19 heavy (non-hydrogen) atoms. The molecule has 1 atom stereocenters. The van der Waals surface area contributed by atoms with E-state index >= 15 is 0 Å². The van der Waals surface area contributed by atoms with Crippen LogP contribution in [0.2, 0.25) is 0 Å². The molecule has 0 saturated carbocycles. The van der Waals surface area contributed by atoms with Gasteiger partial charge in [0.2, 0.25) is 10.0 Å². The van der Waals surface area contributed by atoms with E-state index in [1.807, 2.05) is 51.9 Å². The van der Waals surface area contributed by atoms with Gasteiger partial charge in [0.1, 0.15) is 0 Å². The van der Waals surface area contributed by atoms with Crippen molar-refractivity contribution in [2.75, 3.05) is 20.6 Å². The zero-order chi connectivity index (χ0) is 14.6. The molecule has 0 radical (unpaired) electrons. The van der Waals surface area contributed by atoms with Crippen LogP contribution in [0.5, 0.6) is 0 Å². The lowest BCUT2D eigenvalue weighted by Crippen LogP contribution is -2.35. The summed E-state index contributed by atoms with van der Waals surface area (Å²) in [5, 5.41) is 0. The fourth-order valence-corrected chi connectivity index (χ4v) is 3.44. The second-order valence-electron chi connectivity index (χ2n) is 5.38. The van der Waals surface area contributed by atoms with Crippen molar-refractivity contribution in [3.8, 4) is 0 Å². The van der Waals surface area contributed by atoms with Crippen LogP contribution >= 0.6 is 0 Å². The van der Waals surface area contributed by atoms with Crippen molar-refractivity contribution in [1.29, 1.82) is 0 Å². The first-order chi connectivity index (χ1) is 8.72. The zero-order valence-corrected chi connectivity index (χ0v) is 13.2. The molecule has 0 heterocycles. The highest BCUT2D eigenvalue weighted by Gasteiger charge is 2.19. The maximum Gasteiger partial charge on any atom is 0.241 e. The monoisotopic (exact) mass is 284 g/mol. The van der Waals surface area contributed by atoms with Crippen molar-refractivity contribution in [3.63, 3.8) is 0 Å². The van der Waals surface area contributed by atoms with Gasteiger partial charge in [-0.1, -0.05) is 17.7 Å². The van der Waals surface area contributed by atoms with Crippen LogP contribution in [-0.4, -0.2) is 40.0 Å². The van der Waals surface area contributed by atoms with Gasteiger partial charge in [-0.25, -0.2) is 13.1 Å². The Balaban J connectivity index is 2.81. The maximum absolute atomic E-state index is 12.3. The second kappa shape index (κ2) is 6.50. The molecular weight excluding hydrogens is 260 g/mol. The minimum absolute atomic E-state index is 0.0758. The van der Waals surface area contributed by atoms with E-state index in [0.29, 0.717) is 4.90 Å². The van der Waals surface area contributed by atoms with E-state index in [-0.39, 0.29) is 6.04 Å². The predicted octanol–water partition coefficient (Wildman–Crippen LogP) is 1.92. The fraction of sp³-hybridized carbons (Fsp3) is 0.571. The quantitative estimate of drug-likeness (QED) is 0.868. The van der Waals surface area contributed by atoms with E-state index in [1.54, 1.807) is 6.07 Å². The summed E-state index contributed by atoms with van der Waals surface area (Å²) in [5.74, 6) is 0. The average molecular weight is 284 g/mol. The standard InChI is InChI=1S/C14H24N2O2S/c1-11-6-7-14(12(2)10-11)19(17,18)15-13(3)8-9-16(4)5/h6-7,10,13,15H,8-9H2,1-5H3. The van der Waals surface area contributed by atoms with Crippen molar-refractivity contribution in [3.05, 3.63) is 29.3 Å². The Morgan fingerprint density at radius 3 is 2.42 bits per heavy atom. The first kappa shape index (κ1) is 16.1. The van der Waals surface area contributed by atoms with E-state index in [2.05, 4.69) is 4.72 Å². The summed E-state index contributed by atoms with van der Waals surface area (Å²) in [5.41, 5.74) is 1.85. The van der Waals surface area contributed by atoms with Crippen molar-refractivity contribution in [2.24, 2.45) is 0 Å². The van der Waals surface area contributed by atoms with E-state index in [9.17, 15) is 8.42 Å². The van der Waals surface area contributed by atoms with Crippen molar-refractivity contribution in [1.82, 2.24) is 9.62 Å². The summed E-state index contributed by atoms with van der Waals surface area (Å²) in [6, 6.07) is 5.31. The number of hydrogen-bond donors (Lipinski definition) is 1. The third-order valence-electron chi connectivity index (χ3n) is 2.99. The van der Waals surface area contributed by atoms with Crippen molar-refractivity contribution in [2.45, 2.75) is 38.1 Å². The number of aryl methyl sites for hydroxylation is 2. The number of hydrogen-bond acceptors (Lipinski definition) is 3. The Kier molecular flexibility index (Phi) is 5.52. The Hall–Kier alpha value is -0.910. The van der Waals surface area contributed by atoms with E-state index in [0.717, 1.165) is 24.1 Å². The molecule has 0 aromatic heterocycles. The summed E-state index contributed by atoms with van der Waals surface area (Å²) < 4.78 is 27.3. The number of sulfonamides is 1. The molecule has 0 bridgehead atoms. The van der Waals surface area contributed by atoms with E-state index in [1.165, 1.54) is 0 Å². The van der Waals surface area contributed by atoms with Gasteiger partial charge in [-0.15, -0.1) is 0 Å². The van der Waals surface area contributed by atoms with Gasteiger partial charge in [0.05, 0.1) is 4.90 Å². The number of nitrogens with zero attached hydrogens (tertiary/aromatic N) is 1. The lowest BCUT2D eigenvalue weighted by molar-refractivity contribution is 0.379. The molecule has 5 heteroatoms. The highest BCUT2D eigenvalue weighted by atomic mass is 32.2. The molecule has 1 N–H and O–H groups in total. The van der Waals surface area contributed by atoms with Crippen molar-refractivity contribution >= 4 is 10.0 Å². The Labute approximate surface area is 116 Å². The number of nitrogens with one attached hydrogen (secondary N) is 1. The van der Waals surface area contributed by atoms with Crippen LogP contribution in [0.15, 0.2) is 23.1 Å². The normalized spacial score (nSPS) is 13.8. The smallest absolute Gasteiger partial charge is 0.241 e. The molecule has 1 unspecified atom stereocenters. The minimum atomic E-state index is -3.42. The Morgan fingerprint density at radius 2 is 1.89 bits per heavy atom. The SMILES string of the molecule is Cc1ccc(S(=O)(=O)NC(C)CCN(C)C)c(C)c1. The highest BCUT2D eigenvalue weighted by Crippen LogP contribution is 2.16. The molecule has 0 amide bonds. The molecule has 108 valence electrons. The molecule has 0 fully saturated rings. The molecule has 1 rings (SSSR count). The molecule has 0 aliphatic heterocycles. The summed E-state index contributed by atoms with van der Waals surface area (Å²) >= 11 is 0. The lowest BCUT2D eigenvalue weighted by Gasteiger charge is -2.17.